The van der Waals surface area contributed by atoms with Gasteiger partial charge in [0, 0.05) is 16.8 Å². The summed E-state index contributed by atoms with van der Waals surface area (Å²) < 4.78 is 0. The molecule has 0 aromatic rings. The molecule has 0 heterocycles. The molecule has 0 bridgehead atoms. The fourth-order valence-corrected chi connectivity index (χ4v) is 0. The van der Waals surface area contributed by atoms with Crippen molar-refractivity contribution in [1.29, 1.82) is 5.26 Å². The van der Waals surface area contributed by atoms with Gasteiger partial charge < -0.3 is 45.9 Å². The number of hydrogen-bond donors (Lipinski definition) is 0. The van der Waals surface area contributed by atoms with Crippen LogP contribution in [0.3, 0.4) is 0 Å². The molecular weight excluding hydrogens is 392 g/mol. The van der Waals surface area contributed by atoms with Gasteiger partial charge in [-0.3, -0.25) is 0 Å². The summed E-state index contributed by atoms with van der Waals surface area (Å²) in [5, 5.41) is 6.25. The van der Waals surface area contributed by atoms with Crippen LogP contribution in [0.25, 0.3) is 12.3 Å². The van der Waals surface area contributed by atoms with Crippen molar-refractivity contribution in [3.63, 3.8) is 0 Å². The predicted octanol–water partition coefficient (Wildman–Crippen LogP) is 3.96. The zero-order valence-corrected chi connectivity index (χ0v) is 10.9. The molecule has 0 aromatic carbocycles. The molecule has 0 spiro atoms. The largest absolute Gasteiger partial charge is 0.693 e. The van der Waals surface area contributed by atoms with Crippen LogP contribution in [0.1, 0.15) is 6.92 Å². The van der Waals surface area contributed by atoms with Gasteiger partial charge in [-0.2, -0.15) is 6.92 Å². The molecule has 0 fully saturated rings. The summed E-state index contributed by atoms with van der Waals surface area (Å²) in [7, 11) is 4.61. The molecule has 3 nitrogen and oxygen atoms in total. The Balaban J connectivity index is -0.00000000167. The SMILES string of the molecule is [C-]#N.[CH2-]C.[CH3-].[CH3-].[Cl][Pt].[Co].[NH2-].[NH2-]. The van der Waals surface area contributed by atoms with Crippen molar-refractivity contribution in [1.82, 2.24) is 0 Å². The van der Waals surface area contributed by atoms with Crippen molar-refractivity contribution in [2.45, 2.75) is 6.92 Å². The van der Waals surface area contributed by atoms with Crippen LogP contribution in [0.4, 0.5) is 0 Å². The first-order valence-corrected chi connectivity index (χ1v) is 3.87. The van der Waals surface area contributed by atoms with Crippen LogP contribution in [-0.2, 0) is 35.6 Å². The van der Waals surface area contributed by atoms with Crippen molar-refractivity contribution < 1.29 is 35.6 Å². The van der Waals surface area contributed by atoms with E-state index in [9.17, 15) is 0 Å². The zero-order valence-electron chi connectivity index (χ0n) is 6.84. The minimum Gasteiger partial charge on any atom is -0.693 e. The minimum absolute atomic E-state index is 0. The van der Waals surface area contributed by atoms with E-state index in [1.807, 2.05) is 0 Å². The van der Waals surface area contributed by atoms with Crippen LogP contribution < -0.4 is 0 Å². The molecule has 6 heteroatoms. The van der Waals surface area contributed by atoms with E-state index < -0.39 is 0 Å². The molecule has 82 valence electrons. The molecule has 11 heavy (non-hydrogen) atoms. The average Bonchev–Trinajstić information content (AvgIpc) is 1.81. The van der Waals surface area contributed by atoms with Gasteiger partial charge >= 0.3 is 28.2 Å². The zero-order chi connectivity index (χ0) is 6.00. The summed E-state index contributed by atoms with van der Waals surface area (Å²) in [4.78, 5) is 0. The van der Waals surface area contributed by atoms with Gasteiger partial charge in [0.25, 0.3) is 0 Å². The van der Waals surface area contributed by atoms with Crippen molar-refractivity contribution >= 4 is 9.42 Å². The maximum atomic E-state index is 6.25. The topological polar surface area (TPSA) is 90.8 Å². The van der Waals surface area contributed by atoms with Crippen LogP contribution in [0, 0.1) is 33.6 Å². The first-order chi connectivity index (χ1) is 3.00. The Morgan fingerprint density at radius 3 is 1.09 bits per heavy atom. The number of rotatable bonds is 0. The number of halogens is 1. The van der Waals surface area contributed by atoms with Crippen molar-refractivity contribution in [3.8, 4) is 0 Å². The molecule has 0 saturated heterocycles. The molecule has 1 radical (unpaired) electrons. The van der Waals surface area contributed by atoms with E-state index in [0.29, 0.717) is 0 Å². The Morgan fingerprint density at radius 2 is 1.09 bits per heavy atom. The second-order valence-corrected chi connectivity index (χ2v) is 0. The summed E-state index contributed by atoms with van der Waals surface area (Å²) in [6.07, 6.45) is 0. The van der Waals surface area contributed by atoms with Gasteiger partial charge in [0.2, 0.25) is 0 Å². The normalized spacial score (nSPS) is 1.36. The third kappa shape index (κ3) is 1080. The first kappa shape index (κ1) is 93.1. The van der Waals surface area contributed by atoms with Crippen LogP contribution >= 0.6 is 9.42 Å². The molecule has 0 saturated carbocycles. The monoisotopic (exact) mass is 406 g/mol. The Kier molecular flexibility index (Phi) is 11300. The van der Waals surface area contributed by atoms with Gasteiger partial charge in [0.15, 0.2) is 0 Å². The number of hydrogen-bond acceptors (Lipinski definition) is 1. The fraction of sp³-hybridized carbons (Fsp3) is 0.200. The summed E-state index contributed by atoms with van der Waals surface area (Å²) >= 11 is 1.61. The second-order valence-electron chi connectivity index (χ2n) is 0. The van der Waals surface area contributed by atoms with E-state index in [-0.39, 0.29) is 43.9 Å². The van der Waals surface area contributed by atoms with E-state index in [4.69, 9.17) is 11.8 Å². The summed E-state index contributed by atoms with van der Waals surface area (Å²) in [6, 6.07) is 0. The Hall–Kier alpha value is 0.895. The van der Waals surface area contributed by atoms with E-state index in [0.717, 1.165) is 0 Å². The van der Waals surface area contributed by atoms with Crippen molar-refractivity contribution in [2.75, 3.05) is 0 Å². The van der Waals surface area contributed by atoms with Crippen LogP contribution in [0.15, 0.2) is 0 Å². The molecule has 0 aromatic heterocycles. The molecule has 0 aliphatic carbocycles. The van der Waals surface area contributed by atoms with Gasteiger partial charge in [0.1, 0.15) is 0 Å². The van der Waals surface area contributed by atoms with E-state index in [1.54, 1.807) is 25.7 Å². The molecule has 0 rings (SSSR count). The van der Waals surface area contributed by atoms with Gasteiger partial charge in [-0.15, -0.1) is 0 Å². The molecule has 0 amide bonds. The third-order valence-electron chi connectivity index (χ3n) is 0. The summed E-state index contributed by atoms with van der Waals surface area (Å²) in [5.74, 6) is 0. The van der Waals surface area contributed by atoms with E-state index in [1.165, 1.54) is 0 Å². The molecule has 0 unspecified atom stereocenters. The third-order valence-corrected chi connectivity index (χ3v) is 0. The van der Waals surface area contributed by atoms with E-state index in [2.05, 4.69) is 16.3 Å². The van der Waals surface area contributed by atoms with Crippen LogP contribution in [0.5, 0.6) is 0 Å². The Bertz CT molecular complexity index is 26.4. The standard InChI is InChI=1S/C2H5.CN.2CH3.ClH.Co.2H2N.Pt/c2*1-2;;;;;;;/h1H2,2H3;;2*1H3;1H;;2*1H2;/q4*-1;;;2*-1;+1/p-1. The number of nitrogens with zero attached hydrogens (tertiary/aromatic N) is 1. The summed E-state index contributed by atoms with van der Waals surface area (Å²) in [5.41, 5.74) is 0. The van der Waals surface area contributed by atoms with Crippen molar-refractivity contribution in [3.05, 3.63) is 40.7 Å². The van der Waals surface area contributed by atoms with Gasteiger partial charge in [-0.1, -0.05) is 0 Å². The quantitative estimate of drug-likeness (QED) is 0.560. The first-order valence-electron chi connectivity index (χ1n) is 1.05. The van der Waals surface area contributed by atoms with Gasteiger partial charge in [-0.25, -0.2) is 0 Å². The number of nitrogens with two attached hydrogens (primary N) is 2. The Morgan fingerprint density at radius 1 is 1.09 bits per heavy atom. The summed E-state index contributed by atoms with van der Waals surface area (Å²) in [6.45, 7) is 9.75. The van der Waals surface area contributed by atoms with Crippen molar-refractivity contribution in [2.24, 2.45) is 0 Å². The smallest absolute Gasteiger partial charge is 0 e. The van der Waals surface area contributed by atoms with Crippen LogP contribution in [-0.4, -0.2) is 0 Å². The molecule has 0 aliphatic rings. The molecule has 4 N–H and O–H groups in total. The van der Waals surface area contributed by atoms with E-state index >= 15 is 0 Å². The average molecular weight is 407 g/mol. The maximum absolute atomic E-state index is 6.25. The molecular formula is C5H15ClCoN3Pt-6. The van der Waals surface area contributed by atoms with Gasteiger partial charge in [-0.05, 0) is 0 Å². The predicted molar refractivity (Wildman–Crippen MR) is 45.2 cm³/mol. The maximum Gasteiger partial charge on any atom is 0 e. The Labute approximate surface area is 97.5 Å². The second kappa shape index (κ2) is 1330. The fourth-order valence-electron chi connectivity index (χ4n) is 0. The molecule has 0 atom stereocenters. The van der Waals surface area contributed by atoms with Crippen LogP contribution in [0.2, 0.25) is 0 Å². The van der Waals surface area contributed by atoms with Gasteiger partial charge in [0.05, 0.1) is 0 Å². The molecule has 0 aliphatic heterocycles. The minimum atomic E-state index is 0.